The fraction of sp³-hybridized carbons (Fsp3) is 0.235. The summed E-state index contributed by atoms with van der Waals surface area (Å²) in [5, 5.41) is 12.4. The lowest BCUT2D eigenvalue weighted by molar-refractivity contribution is -0.118. The number of carbonyl (C=O) groups is 1. The first-order chi connectivity index (χ1) is 12.7. The molecule has 1 aromatic carbocycles. The molecule has 0 unspecified atom stereocenters. The Morgan fingerprint density at radius 1 is 1.31 bits per heavy atom. The van der Waals surface area contributed by atoms with E-state index in [9.17, 15) is 4.79 Å². The van der Waals surface area contributed by atoms with E-state index in [1.165, 1.54) is 11.8 Å². The molecule has 2 aromatic heterocycles. The van der Waals surface area contributed by atoms with Gasteiger partial charge in [-0.05, 0) is 23.6 Å². The minimum atomic E-state index is -0.0585. The normalized spacial score (nSPS) is 10.5. The Kier molecular flexibility index (Phi) is 6.13. The smallest absolute Gasteiger partial charge is 0.230 e. The van der Waals surface area contributed by atoms with Crippen LogP contribution < -0.4 is 14.8 Å². The van der Waals surface area contributed by atoms with E-state index >= 15 is 0 Å². The number of rotatable bonds is 8. The van der Waals surface area contributed by atoms with Crippen molar-refractivity contribution in [3.8, 4) is 22.9 Å². The number of amides is 1. The molecule has 0 spiro atoms. The van der Waals surface area contributed by atoms with E-state index in [1.807, 2.05) is 29.6 Å². The zero-order chi connectivity index (χ0) is 18.4. The fourth-order valence-electron chi connectivity index (χ4n) is 2.21. The quantitative estimate of drug-likeness (QED) is 0.575. The van der Waals surface area contributed by atoms with Gasteiger partial charge in [-0.1, -0.05) is 17.8 Å². The Balaban J connectivity index is 1.58. The molecule has 1 amide bonds. The number of ether oxygens (including phenoxy) is 2. The van der Waals surface area contributed by atoms with Crippen LogP contribution in [0.2, 0.25) is 0 Å². The molecule has 0 fully saturated rings. The number of thiophene rings is 1. The summed E-state index contributed by atoms with van der Waals surface area (Å²) in [6.45, 7) is 0.541. The van der Waals surface area contributed by atoms with Crippen molar-refractivity contribution in [2.24, 2.45) is 0 Å². The molecule has 9 heteroatoms. The number of nitrogens with one attached hydrogen (secondary N) is 2. The van der Waals surface area contributed by atoms with E-state index in [-0.39, 0.29) is 11.7 Å². The van der Waals surface area contributed by atoms with Crippen LogP contribution in [0.25, 0.3) is 11.4 Å². The van der Waals surface area contributed by atoms with E-state index < -0.39 is 0 Å². The second-order valence-electron chi connectivity index (χ2n) is 5.18. The van der Waals surface area contributed by atoms with Crippen molar-refractivity contribution < 1.29 is 14.3 Å². The first-order valence-electron chi connectivity index (χ1n) is 7.76. The maximum absolute atomic E-state index is 11.9. The lowest BCUT2D eigenvalue weighted by Gasteiger charge is -2.07. The summed E-state index contributed by atoms with van der Waals surface area (Å²) in [6, 6.07) is 9.40. The molecule has 2 heterocycles. The van der Waals surface area contributed by atoms with Crippen molar-refractivity contribution in [3.63, 3.8) is 0 Å². The highest BCUT2D eigenvalue weighted by Crippen LogP contribution is 2.31. The Morgan fingerprint density at radius 3 is 2.92 bits per heavy atom. The first kappa shape index (κ1) is 18.3. The summed E-state index contributed by atoms with van der Waals surface area (Å²) in [7, 11) is 3.18. The van der Waals surface area contributed by atoms with Crippen LogP contribution in [0.5, 0.6) is 11.5 Å². The van der Waals surface area contributed by atoms with Gasteiger partial charge in [0.2, 0.25) is 11.1 Å². The molecule has 0 saturated heterocycles. The molecule has 0 aliphatic carbocycles. The highest BCUT2D eigenvalue weighted by molar-refractivity contribution is 7.99. The van der Waals surface area contributed by atoms with E-state index in [1.54, 1.807) is 31.6 Å². The van der Waals surface area contributed by atoms with E-state index in [2.05, 4.69) is 20.5 Å². The number of benzene rings is 1. The largest absolute Gasteiger partial charge is 0.497 e. The Labute approximate surface area is 159 Å². The maximum Gasteiger partial charge on any atom is 0.230 e. The third kappa shape index (κ3) is 4.55. The van der Waals surface area contributed by atoms with Gasteiger partial charge in [-0.15, -0.1) is 16.4 Å². The lowest BCUT2D eigenvalue weighted by Crippen LogP contribution is -2.24. The van der Waals surface area contributed by atoms with Gasteiger partial charge in [-0.2, -0.15) is 0 Å². The minimum absolute atomic E-state index is 0.0585. The number of hydrogen-bond donors (Lipinski definition) is 2. The zero-order valence-corrected chi connectivity index (χ0v) is 15.9. The van der Waals surface area contributed by atoms with Gasteiger partial charge in [0, 0.05) is 10.9 Å². The van der Waals surface area contributed by atoms with Crippen molar-refractivity contribution in [1.82, 2.24) is 20.5 Å². The summed E-state index contributed by atoms with van der Waals surface area (Å²) in [4.78, 5) is 17.5. The number of carbonyl (C=O) groups excluding carboxylic acids is 1. The molecule has 0 aliphatic heterocycles. The summed E-state index contributed by atoms with van der Waals surface area (Å²) in [5.74, 6) is 2.10. The molecule has 3 rings (SSSR count). The molecule has 0 bridgehead atoms. The Hall–Kier alpha value is -2.52. The van der Waals surface area contributed by atoms with Gasteiger partial charge in [0.1, 0.15) is 11.5 Å². The topological polar surface area (TPSA) is 89.1 Å². The molecule has 3 aromatic rings. The summed E-state index contributed by atoms with van der Waals surface area (Å²) in [6.07, 6.45) is 0. The summed E-state index contributed by atoms with van der Waals surface area (Å²) >= 11 is 2.89. The van der Waals surface area contributed by atoms with Crippen LogP contribution in [-0.4, -0.2) is 41.1 Å². The van der Waals surface area contributed by atoms with Crippen LogP contribution in [0, 0.1) is 0 Å². The zero-order valence-electron chi connectivity index (χ0n) is 14.3. The van der Waals surface area contributed by atoms with Crippen LogP contribution in [0.3, 0.4) is 0 Å². The number of hydrogen-bond acceptors (Lipinski definition) is 7. The fourth-order valence-corrected chi connectivity index (χ4v) is 3.48. The molecule has 0 saturated carbocycles. The van der Waals surface area contributed by atoms with Crippen molar-refractivity contribution in [1.29, 1.82) is 0 Å². The van der Waals surface area contributed by atoms with E-state index in [0.29, 0.717) is 29.0 Å². The Bertz CT molecular complexity index is 865. The molecule has 136 valence electrons. The molecule has 0 aliphatic rings. The molecule has 2 N–H and O–H groups in total. The van der Waals surface area contributed by atoms with Crippen LogP contribution in [-0.2, 0) is 11.3 Å². The monoisotopic (exact) mass is 390 g/mol. The van der Waals surface area contributed by atoms with Crippen LogP contribution >= 0.6 is 23.1 Å². The van der Waals surface area contributed by atoms with E-state index in [0.717, 1.165) is 10.4 Å². The molecule has 7 nitrogen and oxygen atoms in total. The highest BCUT2D eigenvalue weighted by atomic mass is 32.2. The van der Waals surface area contributed by atoms with Crippen molar-refractivity contribution in [2.75, 3.05) is 20.0 Å². The van der Waals surface area contributed by atoms with Crippen molar-refractivity contribution in [3.05, 3.63) is 40.6 Å². The number of nitrogens with zero attached hydrogens (tertiary/aromatic N) is 2. The molecule has 0 radical (unpaired) electrons. The predicted octanol–water partition coefficient (Wildman–Crippen LogP) is 2.96. The van der Waals surface area contributed by atoms with Gasteiger partial charge in [-0.3, -0.25) is 9.89 Å². The maximum atomic E-state index is 11.9. The number of methoxy groups -OCH3 is 2. The van der Waals surface area contributed by atoms with Gasteiger partial charge < -0.3 is 14.8 Å². The average molecular weight is 390 g/mol. The molecular weight excluding hydrogens is 372 g/mol. The molecule has 26 heavy (non-hydrogen) atoms. The van der Waals surface area contributed by atoms with Gasteiger partial charge in [0.25, 0.3) is 0 Å². The number of H-pyrrole nitrogens is 1. The van der Waals surface area contributed by atoms with Crippen LogP contribution in [0.15, 0.2) is 40.9 Å². The minimum Gasteiger partial charge on any atom is -0.497 e. The predicted molar refractivity (Wildman–Crippen MR) is 102 cm³/mol. The van der Waals surface area contributed by atoms with Gasteiger partial charge in [-0.25, -0.2) is 4.98 Å². The standard InChI is InChI=1S/C17H18N4O3S2/c1-23-11-5-6-13(14(8-11)24-2)16-19-17(21-20-16)26-10-15(22)18-9-12-4-3-7-25-12/h3-8H,9-10H2,1-2H3,(H,18,22)(H,19,20,21). The van der Waals surface area contributed by atoms with Crippen molar-refractivity contribution in [2.45, 2.75) is 11.7 Å². The SMILES string of the molecule is COc1ccc(-c2nc(SCC(=O)NCc3cccs3)n[nH]2)c(OC)c1. The van der Waals surface area contributed by atoms with Crippen LogP contribution in [0.1, 0.15) is 4.88 Å². The molecule has 0 atom stereocenters. The average Bonchev–Trinajstić information content (AvgIpc) is 3.36. The summed E-state index contributed by atoms with van der Waals surface area (Å²) < 4.78 is 10.6. The van der Waals surface area contributed by atoms with Crippen molar-refractivity contribution >= 4 is 29.0 Å². The highest BCUT2D eigenvalue weighted by Gasteiger charge is 2.13. The number of aromatic nitrogens is 3. The van der Waals surface area contributed by atoms with Gasteiger partial charge >= 0.3 is 0 Å². The number of aromatic amines is 1. The first-order valence-corrected chi connectivity index (χ1v) is 9.63. The molecular formula is C17H18N4O3S2. The summed E-state index contributed by atoms with van der Waals surface area (Å²) in [5.41, 5.74) is 0.773. The van der Waals surface area contributed by atoms with Gasteiger partial charge in [0.15, 0.2) is 5.82 Å². The lowest BCUT2D eigenvalue weighted by atomic mass is 10.2. The second kappa shape index (κ2) is 8.72. The Morgan fingerprint density at radius 2 is 2.19 bits per heavy atom. The third-order valence-electron chi connectivity index (χ3n) is 3.50. The van der Waals surface area contributed by atoms with E-state index in [4.69, 9.17) is 9.47 Å². The third-order valence-corrected chi connectivity index (χ3v) is 5.22. The van der Waals surface area contributed by atoms with Gasteiger partial charge in [0.05, 0.1) is 32.1 Å². The van der Waals surface area contributed by atoms with Crippen LogP contribution in [0.4, 0.5) is 0 Å². The second-order valence-corrected chi connectivity index (χ2v) is 7.15. The number of thioether (sulfide) groups is 1.